The van der Waals surface area contributed by atoms with Gasteiger partial charge in [0, 0.05) is 12.2 Å². The van der Waals surface area contributed by atoms with E-state index >= 15 is 0 Å². The minimum absolute atomic E-state index is 0.199. The van der Waals surface area contributed by atoms with Crippen LogP contribution in [-0.2, 0) is 0 Å². The lowest BCUT2D eigenvalue weighted by molar-refractivity contribution is -0.386. The van der Waals surface area contributed by atoms with E-state index in [4.69, 9.17) is 10.8 Å². The number of aliphatic hydroxyl groups is 1. The Morgan fingerprint density at radius 2 is 1.28 bits per heavy atom. The Morgan fingerprint density at radius 3 is 1.64 bits per heavy atom. The summed E-state index contributed by atoms with van der Waals surface area (Å²) in [6.07, 6.45) is 0. The van der Waals surface area contributed by atoms with Gasteiger partial charge >= 0.3 is 5.69 Å². The number of nitro benzene ring substituents is 1. The Morgan fingerprint density at radius 1 is 0.920 bits per heavy atom. The normalized spacial score (nSPS) is 9.36. The van der Waals surface area contributed by atoms with Crippen LogP contribution in [0.4, 0.5) is 11.4 Å². The topological polar surface area (TPSA) is 130 Å². The monoisotopic (exact) mass is 350 g/mol. The average molecular weight is 350 g/mol. The summed E-state index contributed by atoms with van der Waals surface area (Å²) < 4.78 is 0. The fourth-order valence-electron chi connectivity index (χ4n) is 1.83. The van der Waals surface area contributed by atoms with Crippen LogP contribution in [0.5, 0.6) is 11.5 Å². The molecule has 0 fully saturated rings. The summed E-state index contributed by atoms with van der Waals surface area (Å²) in [4.78, 5) is 9.87. The summed E-state index contributed by atoms with van der Waals surface area (Å²) in [5.74, 6) is -0.0278. The van der Waals surface area contributed by atoms with Crippen molar-refractivity contribution in [3.63, 3.8) is 0 Å². The van der Waals surface area contributed by atoms with E-state index in [1.54, 1.807) is 32.9 Å². The molecule has 0 aliphatic heterocycles. The zero-order chi connectivity index (χ0) is 19.7. The quantitative estimate of drug-likeness (QED) is 0.269. The molecule has 0 unspecified atom stereocenters. The molecule has 0 spiro atoms. The first-order valence-corrected chi connectivity index (χ1v) is 7.67. The second-order valence-electron chi connectivity index (χ2n) is 5.43. The number of phenolic OH excluding ortho intramolecular Hbond substituents is 2. The molecule has 7 heteroatoms. The Bertz CT molecular complexity index is 703. The number of hydrogen-bond acceptors (Lipinski definition) is 6. The van der Waals surface area contributed by atoms with Gasteiger partial charge in [0.1, 0.15) is 5.75 Å². The van der Waals surface area contributed by atoms with E-state index in [9.17, 15) is 20.3 Å². The van der Waals surface area contributed by atoms with Crippen molar-refractivity contribution in [2.75, 3.05) is 12.3 Å². The van der Waals surface area contributed by atoms with Gasteiger partial charge in [0.25, 0.3) is 0 Å². The largest absolute Gasteiger partial charge is 0.506 e. The number of phenols is 2. The first kappa shape index (κ1) is 22.2. The van der Waals surface area contributed by atoms with E-state index in [1.165, 1.54) is 0 Å². The minimum Gasteiger partial charge on any atom is -0.506 e. The summed E-state index contributed by atoms with van der Waals surface area (Å²) in [6.45, 7) is 8.85. The molecule has 2 aromatic carbocycles. The standard InChI is InChI=1S/C8H9NO3.C8H11NO.C2H6O/c1-5-3-4-6(2)8(10)7(5)9(11)12;1-5-3-4-6(2)8(10)7(5)9;1-2-3/h3-4,10H,1-2H3;3-4,10H,9H2,1-2H3;3H,2H2,1H3. The molecule has 0 aromatic heterocycles. The molecule has 25 heavy (non-hydrogen) atoms. The number of nitrogen functional groups attached to an aromatic ring is 1. The molecule has 138 valence electrons. The van der Waals surface area contributed by atoms with Crippen molar-refractivity contribution in [3.8, 4) is 11.5 Å². The van der Waals surface area contributed by atoms with Gasteiger partial charge in [-0.1, -0.05) is 24.3 Å². The molecule has 0 saturated heterocycles. The molecular weight excluding hydrogens is 324 g/mol. The first-order chi connectivity index (χ1) is 11.6. The number of hydrogen-bond donors (Lipinski definition) is 4. The first-order valence-electron chi connectivity index (χ1n) is 7.67. The zero-order valence-corrected chi connectivity index (χ0v) is 15.2. The van der Waals surface area contributed by atoms with E-state index < -0.39 is 4.92 Å². The van der Waals surface area contributed by atoms with Crippen LogP contribution in [0.3, 0.4) is 0 Å². The lowest BCUT2D eigenvalue weighted by Crippen LogP contribution is -1.93. The maximum Gasteiger partial charge on any atom is 0.313 e. The van der Waals surface area contributed by atoms with Gasteiger partial charge in [0.05, 0.1) is 10.6 Å². The number of aliphatic hydroxyl groups excluding tert-OH is 1. The SMILES string of the molecule is CCO.Cc1ccc(C)c(O)c1N.Cc1ccc(C)c([N+](=O)[O-])c1O. The van der Waals surface area contributed by atoms with Gasteiger partial charge in [-0.25, -0.2) is 0 Å². The van der Waals surface area contributed by atoms with Crippen LogP contribution in [0.1, 0.15) is 29.2 Å². The summed E-state index contributed by atoms with van der Waals surface area (Å²) >= 11 is 0. The Kier molecular flexibility index (Phi) is 9.01. The van der Waals surface area contributed by atoms with Crippen LogP contribution < -0.4 is 5.73 Å². The van der Waals surface area contributed by atoms with Crippen LogP contribution in [0, 0.1) is 37.8 Å². The summed E-state index contributed by atoms with van der Waals surface area (Å²) in [7, 11) is 0. The lowest BCUT2D eigenvalue weighted by Gasteiger charge is -2.04. The number of nitro groups is 1. The average Bonchev–Trinajstić information content (AvgIpc) is 2.54. The molecule has 0 saturated carbocycles. The van der Waals surface area contributed by atoms with Crippen LogP contribution in [0.25, 0.3) is 0 Å². The molecule has 0 atom stereocenters. The van der Waals surface area contributed by atoms with Crippen molar-refractivity contribution in [3.05, 3.63) is 56.6 Å². The highest BCUT2D eigenvalue weighted by Gasteiger charge is 2.17. The van der Waals surface area contributed by atoms with Gasteiger partial charge in [-0.3, -0.25) is 10.1 Å². The number of aromatic hydroxyl groups is 2. The summed E-state index contributed by atoms with van der Waals surface area (Å²) in [6, 6.07) is 7.01. The third-order valence-electron chi connectivity index (χ3n) is 3.37. The fourth-order valence-corrected chi connectivity index (χ4v) is 1.83. The third-order valence-corrected chi connectivity index (χ3v) is 3.37. The van der Waals surface area contributed by atoms with Crippen LogP contribution in [0.2, 0.25) is 0 Å². The Balaban J connectivity index is 0.000000403. The Hall–Kier alpha value is -2.80. The smallest absolute Gasteiger partial charge is 0.313 e. The molecule has 0 amide bonds. The van der Waals surface area contributed by atoms with Crippen LogP contribution in [-0.4, -0.2) is 26.8 Å². The van der Waals surface area contributed by atoms with E-state index in [1.807, 2.05) is 26.0 Å². The maximum atomic E-state index is 10.4. The molecule has 7 nitrogen and oxygen atoms in total. The van der Waals surface area contributed by atoms with Crippen molar-refractivity contribution in [2.24, 2.45) is 0 Å². The van der Waals surface area contributed by atoms with Crippen LogP contribution >= 0.6 is 0 Å². The predicted molar refractivity (Wildman–Crippen MR) is 99.0 cm³/mol. The van der Waals surface area contributed by atoms with Gasteiger partial charge in [0.2, 0.25) is 0 Å². The van der Waals surface area contributed by atoms with Gasteiger partial charge in [0.15, 0.2) is 5.75 Å². The number of nitrogens with two attached hydrogens (primary N) is 1. The van der Waals surface area contributed by atoms with Gasteiger partial charge in [-0.05, 0) is 51.3 Å². The van der Waals surface area contributed by atoms with E-state index in [0.717, 1.165) is 11.1 Å². The lowest BCUT2D eigenvalue weighted by atomic mass is 10.1. The number of anilines is 1. The highest BCUT2D eigenvalue weighted by atomic mass is 16.6. The second kappa shape index (κ2) is 10.1. The predicted octanol–water partition coefficient (Wildman–Crippen LogP) is 3.51. The van der Waals surface area contributed by atoms with Crippen molar-refractivity contribution in [1.29, 1.82) is 0 Å². The number of benzene rings is 2. The van der Waals surface area contributed by atoms with Crippen molar-refractivity contribution < 1.29 is 20.2 Å². The van der Waals surface area contributed by atoms with Crippen LogP contribution in [0.15, 0.2) is 24.3 Å². The van der Waals surface area contributed by atoms with Crippen molar-refractivity contribution in [1.82, 2.24) is 0 Å². The maximum absolute atomic E-state index is 10.4. The zero-order valence-electron chi connectivity index (χ0n) is 15.2. The van der Waals surface area contributed by atoms with Gasteiger partial charge < -0.3 is 21.1 Å². The molecule has 0 radical (unpaired) electrons. The second-order valence-corrected chi connectivity index (χ2v) is 5.43. The third kappa shape index (κ3) is 6.31. The molecule has 0 heterocycles. The summed E-state index contributed by atoms with van der Waals surface area (Å²) in [5.41, 5.74) is 8.56. The van der Waals surface area contributed by atoms with Crippen molar-refractivity contribution >= 4 is 11.4 Å². The number of aryl methyl sites for hydroxylation is 4. The molecule has 0 bridgehead atoms. The molecule has 2 rings (SSSR count). The highest BCUT2D eigenvalue weighted by Crippen LogP contribution is 2.32. The minimum atomic E-state index is -0.572. The number of nitrogens with zero attached hydrogens (tertiary/aromatic N) is 1. The molecular formula is C18H26N2O5. The fraction of sp³-hybridized carbons (Fsp3) is 0.333. The van der Waals surface area contributed by atoms with E-state index in [0.29, 0.717) is 16.8 Å². The van der Waals surface area contributed by atoms with Crippen molar-refractivity contribution in [2.45, 2.75) is 34.6 Å². The highest BCUT2D eigenvalue weighted by molar-refractivity contribution is 5.60. The van der Waals surface area contributed by atoms with Gasteiger partial charge in [-0.2, -0.15) is 0 Å². The molecule has 2 aromatic rings. The number of rotatable bonds is 1. The molecule has 0 aliphatic carbocycles. The van der Waals surface area contributed by atoms with E-state index in [2.05, 4.69) is 0 Å². The van der Waals surface area contributed by atoms with E-state index in [-0.39, 0.29) is 23.8 Å². The Labute approximate surface area is 147 Å². The summed E-state index contributed by atoms with van der Waals surface area (Å²) in [5, 5.41) is 36.6. The van der Waals surface area contributed by atoms with Gasteiger partial charge in [-0.15, -0.1) is 0 Å². The molecule has 0 aliphatic rings. The molecule has 5 N–H and O–H groups in total.